The molecule has 0 bridgehead atoms. The van der Waals surface area contributed by atoms with Gasteiger partial charge >= 0.3 is 0 Å². The molecule has 4 atom stereocenters. The van der Waals surface area contributed by atoms with Crippen LogP contribution in [-0.4, -0.2) is 30.5 Å². The molecule has 0 spiro atoms. The lowest BCUT2D eigenvalue weighted by molar-refractivity contribution is -0.137. The lowest BCUT2D eigenvalue weighted by Crippen LogP contribution is -2.53. The minimum absolute atomic E-state index is 0.00966. The second-order valence-corrected chi connectivity index (χ2v) is 7.92. The summed E-state index contributed by atoms with van der Waals surface area (Å²) in [6.07, 6.45) is 10.2. The van der Waals surface area contributed by atoms with Crippen LogP contribution in [0.25, 0.3) is 0 Å². The van der Waals surface area contributed by atoms with Crippen molar-refractivity contribution >= 4 is 17.5 Å². The van der Waals surface area contributed by atoms with Gasteiger partial charge in [0.25, 0.3) is 0 Å². The van der Waals surface area contributed by atoms with Crippen molar-refractivity contribution in [1.82, 2.24) is 4.90 Å². The van der Waals surface area contributed by atoms with Crippen LogP contribution in [0, 0.1) is 41.4 Å². The summed E-state index contributed by atoms with van der Waals surface area (Å²) >= 11 is 6.39. The van der Waals surface area contributed by atoms with E-state index in [1.807, 2.05) is 4.90 Å². The molecule has 1 unspecified atom stereocenters. The highest BCUT2D eigenvalue weighted by molar-refractivity contribution is 6.33. The smallest absolute Gasteiger partial charge is 0.227 e. The normalized spacial score (nSPS) is 27.2. The number of terminal acetylenes is 1. The van der Waals surface area contributed by atoms with Crippen LogP contribution in [0.4, 0.5) is 0 Å². The molecule has 1 heterocycles. The van der Waals surface area contributed by atoms with Crippen molar-refractivity contribution in [2.75, 3.05) is 13.7 Å². The Morgan fingerprint density at radius 2 is 2.15 bits per heavy atom. The van der Waals surface area contributed by atoms with E-state index >= 15 is 0 Å². The zero-order valence-electron chi connectivity index (χ0n) is 15.9. The van der Waals surface area contributed by atoms with Gasteiger partial charge in [-0.15, -0.1) is 12.3 Å². The Kier molecular flexibility index (Phi) is 5.98. The Morgan fingerprint density at radius 1 is 1.37 bits per heavy atom. The largest absolute Gasteiger partial charge is 0.495 e. The molecule has 1 saturated heterocycles. The van der Waals surface area contributed by atoms with Crippen molar-refractivity contribution in [1.29, 1.82) is 5.26 Å². The van der Waals surface area contributed by atoms with E-state index in [9.17, 15) is 10.1 Å². The fraction of sp³-hybridized carbons (Fsp3) is 0.545. The van der Waals surface area contributed by atoms with E-state index in [4.69, 9.17) is 22.8 Å². The van der Waals surface area contributed by atoms with Gasteiger partial charge in [-0.05, 0) is 50.2 Å². The molecular formula is C22H25ClN2O2. The molecule has 0 aromatic heterocycles. The maximum absolute atomic E-state index is 13.1. The average Bonchev–Trinajstić information content (AvgIpc) is 2.69. The number of hydrogen-bond donors (Lipinski definition) is 0. The number of likely N-dealkylation sites (tertiary alicyclic amines) is 1. The van der Waals surface area contributed by atoms with Crippen LogP contribution in [0.2, 0.25) is 5.02 Å². The summed E-state index contributed by atoms with van der Waals surface area (Å²) in [7, 11) is 1.52. The molecule has 4 nitrogen and oxygen atoms in total. The molecule has 0 radical (unpaired) electrons. The number of nitriles is 1. The molecule has 0 N–H and O–H groups in total. The monoisotopic (exact) mass is 384 g/mol. The molecule has 5 heteroatoms. The van der Waals surface area contributed by atoms with Gasteiger partial charge in [0.05, 0.1) is 30.2 Å². The molecule has 1 aromatic carbocycles. The molecule has 1 aliphatic carbocycles. The Hall–Kier alpha value is -2.17. The SMILES string of the molecule is C#CC1CCC[C@H]2[C@H]1CCN(C(=O)Cc1c(C#N)ccc(OC)c1Cl)[C@H]2C. The predicted molar refractivity (Wildman–Crippen MR) is 105 cm³/mol. The Labute approximate surface area is 166 Å². The van der Waals surface area contributed by atoms with Crippen molar-refractivity contribution < 1.29 is 9.53 Å². The van der Waals surface area contributed by atoms with Crippen LogP contribution in [0.3, 0.4) is 0 Å². The van der Waals surface area contributed by atoms with Gasteiger partial charge < -0.3 is 9.64 Å². The summed E-state index contributed by atoms with van der Waals surface area (Å²) in [5.41, 5.74) is 0.963. The standard InChI is InChI=1S/C22H25ClN2O2/c1-4-15-6-5-7-17-14(2)25(11-10-18(15)17)21(26)12-19-16(13-24)8-9-20(27-3)22(19)23/h1,8-9,14-15,17-18H,5-7,10-12H2,2-3H3/t14-,15?,17+,18-/m0/s1. The molecule has 1 saturated carbocycles. The molecule has 1 aliphatic heterocycles. The number of methoxy groups -OCH3 is 1. The van der Waals surface area contributed by atoms with Crippen LogP contribution >= 0.6 is 11.6 Å². The van der Waals surface area contributed by atoms with E-state index < -0.39 is 0 Å². The summed E-state index contributed by atoms with van der Waals surface area (Å²) in [5, 5.41) is 9.74. The van der Waals surface area contributed by atoms with Crippen molar-refractivity contribution in [3.05, 3.63) is 28.3 Å². The third kappa shape index (κ3) is 3.64. The molecular weight excluding hydrogens is 360 g/mol. The van der Waals surface area contributed by atoms with Crippen molar-refractivity contribution in [3.8, 4) is 24.2 Å². The van der Waals surface area contributed by atoms with Gasteiger partial charge in [0.15, 0.2) is 0 Å². The summed E-state index contributed by atoms with van der Waals surface area (Å²) in [6.45, 7) is 2.84. The number of hydrogen-bond acceptors (Lipinski definition) is 3. The first-order valence-corrected chi connectivity index (χ1v) is 9.90. The summed E-state index contributed by atoms with van der Waals surface area (Å²) in [4.78, 5) is 15.1. The van der Waals surface area contributed by atoms with Crippen LogP contribution in [0.5, 0.6) is 5.75 Å². The lowest BCUT2D eigenvalue weighted by Gasteiger charge is -2.48. The van der Waals surface area contributed by atoms with Crippen LogP contribution in [0.1, 0.15) is 43.7 Å². The number of fused-ring (bicyclic) bond motifs is 1. The molecule has 1 amide bonds. The maximum atomic E-state index is 13.1. The number of piperidine rings is 1. The second kappa shape index (κ2) is 8.24. The van der Waals surface area contributed by atoms with E-state index in [2.05, 4.69) is 18.9 Å². The fourth-order valence-corrected chi connectivity index (χ4v) is 5.19. The third-order valence-corrected chi connectivity index (χ3v) is 6.76. The zero-order valence-corrected chi connectivity index (χ0v) is 16.6. The minimum Gasteiger partial charge on any atom is -0.495 e. The first-order chi connectivity index (χ1) is 13.0. The average molecular weight is 385 g/mol. The first-order valence-electron chi connectivity index (χ1n) is 9.52. The number of carbonyl (C=O) groups is 1. The first kappa shape index (κ1) is 19.6. The van der Waals surface area contributed by atoms with Gasteiger partial charge in [-0.1, -0.05) is 18.0 Å². The molecule has 3 rings (SSSR count). The van der Waals surface area contributed by atoms with Crippen molar-refractivity contribution in [2.45, 2.75) is 45.1 Å². The van der Waals surface area contributed by atoms with Gasteiger partial charge in [0.2, 0.25) is 5.91 Å². The molecule has 2 fully saturated rings. The number of nitrogens with zero attached hydrogens (tertiary/aromatic N) is 2. The van der Waals surface area contributed by atoms with E-state index in [1.165, 1.54) is 7.11 Å². The fourth-order valence-electron chi connectivity index (χ4n) is 4.88. The van der Waals surface area contributed by atoms with Gasteiger partial charge in [-0.2, -0.15) is 5.26 Å². The highest BCUT2D eigenvalue weighted by Gasteiger charge is 2.42. The van der Waals surface area contributed by atoms with Crippen LogP contribution in [-0.2, 0) is 11.2 Å². The quantitative estimate of drug-likeness (QED) is 0.739. The van der Waals surface area contributed by atoms with E-state index in [1.54, 1.807) is 12.1 Å². The topological polar surface area (TPSA) is 53.3 Å². The highest BCUT2D eigenvalue weighted by atomic mass is 35.5. The number of carbonyl (C=O) groups excluding carboxylic acids is 1. The number of benzene rings is 1. The third-order valence-electron chi connectivity index (χ3n) is 6.34. The molecule has 27 heavy (non-hydrogen) atoms. The summed E-state index contributed by atoms with van der Waals surface area (Å²) in [6, 6.07) is 5.60. The Balaban J connectivity index is 1.80. The second-order valence-electron chi connectivity index (χ2n) is 7.54. The van der Waals surface area contributed by atoms with Gasteiger partial charge in [-0.25, -0.2) is 0 Å². The number of ether oxygens (including phenoxy) is 1. The summed E-state index contributed by atoms with van der Waals surface area (Å²) < 4.78 is 5.24. The lowest BCUT2D eigenvalue weighted by atomic mass is 9.66. The number of halogens is 1. The Morgan fingerprint density at radius 3 is 2.81 bits per heavy atom. The molecule has 142 valence electrons. The molecule has 1 aromatic rings. The Bertz CT molecular complexity index is 808. The van der Waals surface area contributed by atoms with E-state index in [0.717, 1.165) is 25.7 Å². The van der Waals surface area contributed by atoms with Gasteiger partial charge in [0, 0.05) is 24.1 Å². The predicted octanol–water partition coefficient (Wildman–Crippen LogP) is 4.05. The van der Waals surface area contributed by atoms with Crippen LogP contribution in [0.15, 0.2) is 12.1 Å². The van der Waals surface area contributed by atoms with Crippen LogP contribution < -0.4 is 4.74 Å². The minimum atomic E-state index is 0.00966. The van der Waals surface area contributed by atoms with Crippen molar-refractivity contribution in [2.24, 2.45) is 17.8 Å². The number of amides is 1. The number of rotatable bonds is 3. The van der Waals surface area contributed by atoms with E-state index in [0.29, 0.717) is 46.2 Å². The highest BCUT2D eigenvalue weighted by Crippen LogP contribution is 2.43. The maximum Gasteiger partial charge on any atom is 0.227 e. The van der Waals surface area contributed by atoms with Gasteiger partial charge in [-0.3, -0.25) is 4.79 Å². The zero-order chi connectivity index (χ0) is 19.6. The van der Waals surface area contributed by atoms with Gasteiger partial charge in [0.1, 0.15) is 5.75 Å². The van der Waals surface area contributed by atoms with Crippen molar-refractivity contribution in [3.63, 3.8) is 0 Å². The van der Waals surface area contributed by atoms with E-state index in [-0.39, 0.29) is 18.4 Å². The summed E-state index contributed by atoms with van der Waals surface area (Å²) in [5.74, 6) is 4.76. The molecule has 2 aliphatic rings.